The highest BCUT2D eigenvalue weighted by Crippen LogP contribution is 2.77. The van der Waals surface area contributed by atoms with Crippen LogP contribution in [0.1, 0.15) is 59.3 Å². The fourth-order valence-corrected chi connectivity index (χ4v) is 7.98. The van der Waals surface area contributed by atoms with Crippen LogP contribution in [0.25, 0.3) is 0 Å². The van der Waals surface area contributed by atoms with Gasteiger partial charge in [-0.1, -0.05) is 20.4 Å². The number of Topliss-reactive ketones (excluding diaryl/α,β-unsaturated/α-hetero) is 1. The predicted molar refractivity (Wildman–Crippen MR) is 98.9 cm³/mol. The molecule has 6 nitrogen and oxygen atoms in total. The molecule has 7 atom stereocenters. The monoisotopic (exact) mass is 390 g/mol. The first kappa shape index (κ1) is 18.8. The number of hydrogen-bond donors (Lipinski definition) is 2. The molecular formula is C22H30O6. The highest BCUT2D eigenvalue weighted by molar-refractivity contribution is 6.05. The molecule has 0 amide bonds. The predicted octanol–water partition coefficient (Wildman–Crippen LogP) is 2.12. The van der Waals surface area contributed by atoms with Gasteiger partial charge in [0, 0.05) is 24.3 Å². The maximum atomic E-state index is 13.5. The molecule has 6 heteroatoms. The summed E-state index contributed by atoms with van der Waals surface area (Å²) in [6, 6.07) is 0. The van der Waals surface area contributed by atoms with E-state index in [1.807, 2.05) is 0 Å². The highest BCUT2D eigenvalue weighted by atomic mass is 16.6. The normalized spacial score (nSPS) is 53.5. The van der Waals surface area contributed by atoms with E-state index in [4.69, 9.17) is 9.47 Å². The van der Waals surface area contributed by atoms with Crippen LogP contribution in [0.2, 0.25) is 0 Å². The van der Waals surface area contributed by atoms with Gasteiger partial charge in [-0.15, -0.1) is 0 Å². The van der Waals surface area contributed by atoms with Crippen LogP contribution in [0.4, 0.5) is 0 Å². The van der Waals surface area contributed by atoms with Crippen LogP contribution in [-0.2, 0) is 19.1 Å². The van der Waals surface area contributed by atoms with Crippen LogP contribution in [-0.4, -0.2) is 46.1 Å². The van der Waals surface area contributed by atoms with Crippen molar-refractivity contribution < 1.29 is 29.3 Å². The molecule has 2 spiro atoms. The minimum Gasteiger partial charge on any atom is -0.462 e. The third-order valence-electron chi connectivity index (χ3n) is 9.19. The molecule has 4 saturated carbocycles. The molecule has 0 aromatic carbocycles. The summed E-state index contributed by atoms with van der Waals surface area (Å²) in [5, 5.41) is 22.8. The number of carbonyl (C=O) groups excluding carboxylic acids is 2. The minimum absolute atomic E-state index is 0.0670. The second-order valence-electron chi connectivity index (χ2n) is 10.6. The van der Waals surface area contributed by atoms with Gasteiger partial charge in [0.05, 0.1) is 17.6 Å². The van der Waals surface area contributed by atoms with Gasteiger partial charge in [0.15, 0.2) is 11.6 Å². The first-order valence-corrected chi connectivity index (χ1v) is 10.4. The van der Waals surface area contributed by atoms with E-state index in [0.29, 0.717) is 19.3 Å². The average molecular weight is 390 g/mol. The second-order valence-corrected chi connectivity index (χ2v) is 10.6. The van der Waals surface area contributed by atoms with Crippen LogP contribution < -0.4 is 0 Å². The maximum Gasteiger partial charge on any atom is 0.302 e. The molecule has 2 heterocycles. The lowest BCUT2D eigenvalue weighted by molar-refractivity contribution is -0.417. The lowest BCUT2D eigenvalue weighted by atomic mass is 9.36. The summed E-state index contributed by atoms with van der Waals surface area (Å²) in [4.78, 5) is 25.4. The van der Waals surface area contributed by atoms with Gasteiger partial charge in [-0.05, 0) is 49.4 Å². The summed E-state index contributed by atoms with van der Waals surface area (Å²) in [5.41, 5.74) is -2.86. The second kappa shape index (κ2) is 5.08. The largest absolute Gasteiger partial charge is 0.462 e. The number of rotatable bonds is 1. The maximum absolute atomic E-state index is 13.5. The van der Waals surface area contributed by atoms with Crippen molar-refractivity contribution in [3.8, 4) is 0 Å². The van der Waals surface area contributed by atoms with E-state index >= 15 is 0 Å². The van der Waals surface area contributed by atoms with Gasteiger partial charge in [0.2, 0.25) is 0 Å². The van der Waals surface area contributed by atoms with E-state index in [1.165, 1.54) is 6.92 Å². The zero-order chi connectivity index (χ0) is 20.3. The Hall–Kier alpha value is -1.24. The molecule has 28 heavy (non-hydrogen) atoms. The summed E-state index contributed by atoms with van der Waals surface area (Å²) in [7, 11) is 0. The Morgan fingerprint density at radius 2 is 1.93 bits per heavy atom. The lowest BCUT2D eigenvalue weighted by Crippen LogP contribution is -2.78. The molecule has 2 saturated heterocycles. The van der Waals surface area contributed by atoms with E-state index in [0.717, 1.165) is 12.8 Å². The van der Waals surface area contributed by atoms with Crippen molar-refractivity contribution in [2.45, 2.75) is 76.8 Å². The minimum atomic E-state index is -1.61. The summed E-state index contributed by atoms with van der Waals surface area (Å²) < 4.78 is 11.9. The summed E-state index contributed by atoms with van der Waals surface area (Å²) in [6.07, 6.45) is 2.78. The number of aliphatic hydroxyl groups is 2. The van der Waals surface area contributed by atoms with Crippen LogP contribution in [0.5, 0.6) is 0 Å². The summed E-state index contributed by atoms with van der Waals surface area (Å²) >= 11 is 0. The first-order valence-electron chi connectivity index (χ1n) is 10.4. The summed E-state index contributed by atoms with van der Waals surface area (Å²) in [6.45, 7) is 10.0. The number of carbonyl (C=O) groups is 2. The highest BCUT2D eigenvalue weighted by Gasteiger charge is 2.83. The molecule has 2 N–H and O–H groups in total. The Morgan fingerprint density at radius 3 is 2.61 bits per heavy atom. The van der Waals surface area contributed by atoms with Gasteiger partial charge in [0.1, 0.15) is 6.10 Å². The molecule has 6 fully saturated rings. The van der Waals surface area contributed by atoms with Crippen molar-refractivity contribution in [2.75, 3.05) is 6.61 Å². The number of hydrogen-bond acceptors (Lipinski definition) is 6. The number of ether oxygens (including phenoxy) is 2. The fourth-order valence-electron chi connectivity index (χ4n) is 7.98. The van der Waals surface area contributed by atoms with Crippen molar-refractivity contribution in [1.29, 1.82) is 0 Å². The van der Waals surface area contributed by atoms with E-state index < -0.39 is 22.2 Å². The average Bonchev–Trinajstić information content (AvgIpc) is 2.76. The van der Waals surface area contributed by atoms with Crippen LogP contribution >= 0.6 is 0 Å². The standard InChI is InChI=1S/C22H30O6/c1-12-17(24)21-10-19(12,25)8-5-14(21)20-11-27-22(21,26)9-15(20)18(3,4)7-6-16(20)28-13(2)23/h14-16,25-26H,1,5-11H2,2-4H3/t14-,15+,16-,19-,20-,21-,22+/m0/s1. The SMILES string of the molecule is C=C1C(=O)[C@]23C[C@@]1(O)CC[C@H]2[C@@]12CO[C@]3(O)C[C@@H]1C(C)(C)CC[C@@H]2OC(C)=O. The zero-order valence-electron chi connectivity index (χ0n) is 16.9. The fraction of sp³-hybridized carbons (Fsp3) is 0.818. The van der Waals surface area contributed by atoms with Crippen molar-refractivity contribution in [3.63, 3.8) is 0 Å². The van der Waals surface area contributed by atoms with Gasteiger partial charge in [0.25, 0.3) is 0 Å². The van der Waals surface area contributed by atoms with Gasteiger partial charge >= 0.3 is 5.97 Å². The molecule has 0 aromatic rings. The van der Waals surface area contributed by atoms with Crippen molar-refractivity contribution in [2.24, 2.45) is 28.1 Å². The van der Waals surface area contributed by atoms with Crippen LogP contribution in [0.3, 0.4) is 0 Å². The molecular weight excluding hydrogens is 360 g/mol. The van der Waals surface area contributed by atoms with E-state index in [9.17, 15) is 19.8 Å². The van der Waals surface area contributed by atoms with E-state index in [-0.39, 0.29) is 53.7 Å². The summed E-state index contributed by atoms with van der Waals surface area (Å²) in [5.74, 6) is -2.33. The molecule has 2 aliphatic heterocycles. The molecule has 6 aliphatic rings. The molecule has 154 valence electrons. The third kappa shape index (κ3) is 1.81. The molecule has 0 unspecified atom stereocenters. The smallest absolute Gasteiger partial charge is 0.302 e. The Kier molecular flexibility index (Phi) is 3.40. The van der Waals surface area contributed by atoms with E-state index in [1.54, 1.807) is 0 Å². The van der Waals surface area contributed by atoms with Gasteiger partial charge < -0.3 is 19.7 Å². The Balaban J connectivity index is 1.73. The lowest BCUT2D eigenvalue weighted by Gasteiger charge is -2.73. The first-order chi connectivity index (χ1) is 12.9. The Labute approximate surface area is 165 Å². The van der Waals surface area contributed by atoms with Crippen molar-refractivity contribution in [1.82, 2.24) is 0 Å². The molecule has 6 rings (SSSR count). The quantitative estimate of drug-likeness (QED) is 0.526. The molecule has 0 radical (unpaired) electrons. The molecule has 0 aromatic heterocycles. The number of esters is 1. The van der Waals surface area contributed by atoms with Crippen LogP contribution in [0, 0.1) is 28.1 Å². The Morgan fingerprint density at radius 1 is 1.21 bits per heavy atom. The topological polar surface area (TPSA) is 93.1 Å². The zero-order valence-corrected chi connectivity index (χ0v) is 16.9. The van der Waals surface area contributed by atoms with Gasteiger partial charge in [-0.3, -0.25) is 9.59 Å². The molecule has 4 aliphatic carbocycles. The van der Waals surface area contributed by atoms with Crippen molar-refractivity contribution in [3.05, 3.63) is 12.2 Å². The number of fused-ring (bicyclic) bond motifs is 2. The van der Waals surface area contributed by atoms with Crippen molar-refractivity contribution >= 4 is 11.8 Å². The van der Waals surface area contributed by atoms with Crippen LogP contribution in [0.15, 0.2) is 12.2 Å². The van der Waals surface area contributed by atoms with E-state index in [2.05, 4.69) is 20.4 Å². The number of ketones is 1. The Bertz CT molecular complexity index is 803. The van der Waals surface area contributed by atoms with Gasteiger partial charge in [-0.25, -0.2) is 0 Å². The van der Waals surface area contributed by atoms with Gasteiger partial charge in [-0.2, -0.15) is 0 Å². The third-order valence-corrected chi connectivity index (χ3v) is 9.19. The molecule has 4 bridgehead atoms.